The van der Waals surface area contributed by atoms with Gasteiger partial charge in [0.25, 0.3) is 0 Å². The second-order valence-corrected chi connectivity index (χ2v) is 4.93. The predicted molar refractivity (Wildman–Crippen MR) is 54.3 cm³/mol. The molecule has 0 saturated carbocycles. The fraction of sp³-hybridized carbons (Fsp3) is 0.875. The molecule has 6 heteroatoms. The summed E-state index contributed by atoms with van der Waals surface area (Å²) in [6.07, 6.45) is 0. The first-order chi connectivity index (χ1) is 6.65. The summed E-state index contributed by atoms with van der Waals surface area (Å²) in [5.41, 5.74) is 5.60. The minimum absolute atomic E-state index is 0.108. The first-order valence-corrected chi connectivity index (χ1v) is 6.02. The number of hydrogen-bond donors (Lipinski definition) is 1. The predicted octanol–water partition coefficient (Wildman–Crippen LogP) is -1.45. The van der Waals surface area contributed by atoms with E-state index in [0.717, 1.165) is 0 Å². The van der Waals surface area contributed by atoms with E-state index in [2.05, 4.69) is 0 Å². The van der Waals surface area contributed by atoms with Crippen LogP contribution in [-0.4, -0.2) is 59.4 Å². The topological polar surface area (TPSA) is 72.6 Å². The van der Waals surface area contributed by atoms with Gasteiger partial charge in [-0.1, -0.05) is 0 Å². The van der Waals surface area contributed by atoms with Gasteiger partial charge in [0.2, 0.25) is 5.91 Å². The molecule has 1 aliphatic heterocycles. The van der Waals surface area contributed by atoms with Crippen molar-refractivity contribution in [1.82, 2.24) is 4.90 Å². The van der Waals surface area contributed by atoms with Gasteiger partial charge in [0.05, 0.1) is 6.61 Å². The zero-order valence-electron chi connectivity index (χ0n) is 8.27. The monoisotopic (exact) mass is 220 g/mol. The van der Waals surface area contributed by atoms with Gasteiger partial charge in [-0.2, -0.15) is 0 Å². The Morgan fingerprint density at radius 1 is 1.57 bits per heavy atom. The van der Waals surface area contributed by atoms with Gasteiger partial charge in [-0.3, -0.25) is 9.00 Å². The van der Waals surface area contributed by atoms with Crippen LogP contribution in [0.3, 0.4) is 0 Å². The van der Waals surface area contributed by atoms with Crippen LogP contribution in [0.2, 0.25) is 0 Å². The lowest BCUT2D eigenvalue weighted by Crippen LogP contribution is -2.50. The maximum Gasteiger partial charge on any atom is 0.241 e. The van der Waals surface area contributed by atoms with E-state index in [4.69, 9.17) is 10.5 Å². The van der Waals surface area contributed by atoms with Crippen LogP contribution in [-0.2, 0) is 20.3 Å². The Morgan fingerprint density at radius 2 is 2.14 bits per heavy atom. The molecule has 0 aromatic carbocycles. The molecule has 0 aromatic heterocycles. The van der Waals surface area contributed by atoms with Crippen LogP contribution in [0.15, 0.2) is 0 Å². The molecule has 0 bridgehead atoms. The van der Waals surface area contributed by atoms with E-state index in [1.807, 2.05) is 0 Å². The van der Waals surface area contributed by atoms with Crippen LogP contribution in [0.4, 0.5) is 0 Å². The largest absolute Gasteiger partial charge is 0.383 e. The zero-order valence-corrected chi connectivity index (χ0v) is 9.09. The van der Waals surface area contributed by atoms with Crippen molar-refractivity contribution in [2.24, 2.45) is 5.73 Å². The first kappa shape index (κ1) is 11.6. The maximum atomic E-state index is 11.6. The molecule has 5 nitrogen and oxygen atoms in total. The van der Waals surface area contributed by atoms with Crippen LogP contribution in [0.5, 0.6) is 0 Å². The third kappa shape index (κ3) is 3.04. The number of carbonyl (C=O) groups excluding carboxylic acids is 1. The summed E-state index contributed by atoms with van der Waals surface area (Å²) in [4.78, 5) is 13.3. The summed E-state index contributed by atoms with van der Waals surface area (Å²) < 4.78 is 15.8. The highest BCUT2D eigenvalue weighted by atomic mass is 32.2. The zero-order chi connectivity index (χ0) is 10.6. The van der Waals surface area contributed by atoms with Gasteiger partial charge >= 0.3 is 0 Å². The number of nitrogens with two attached hydrogens (primary N) is 1. The molecular formula is C8H16N2O3S. The average molecular weight is 220 g/mol. The average Bonchev–Trinajstić information content (AvgIpc) is 2.18. The van der Waals surface area contributed by atoms with Gasteiger partial charge in [0.1, 0.15) is 6.04 Å². The minimum Gasteiger partial charge on any atom is -0.383 e. The Hall–Kier alpha value is -0.460. The van der Waals surface area contributed by atoms with E-state index < -0.39 is 16.8 Å². The molecule has 2 N–H and O–H groups in total. The van der Waals surface area contributed by atoms with Gasteiger partial charge in [0, 0.05) is 42.5 Å². The summed E-state index contributed by atoms with van der Waals surface area (Å²) in [6, 6.07) is -0.591. The van der Waals surface area contributed by atoms with Crippen molar-refractivity contribution in [3.63, 3.8) is 0 Å². The SMILES string of the molecule is COCC(N)C(=O)N1CCS(=O)CC1. The summed E-state index contributed by atoms with van der Waals surface area (Å²) in [5, 5.41) is 0. The van der Waals surface area contributed by atoms with E-state index in [-0.39, 0.29) is 12.5 Å². The normalized spacial score (nSPS) is 20.9. The van der Waals surface area contributed by atoms with Crippen molar-refractivity contribution >= 4 is 16.7 Å². The molecule has 1 rings (SSSR count). The molecular weight excluding hydrogens is 204 g/mol. The van der Waals surface area contributed by atoms with E-state index in [1.54, 1.807) is 4.90 Å². The summed E-state index contributed by atoms with van der Waals surface area (Å²) >= 11 is 0. The smallest absolute Gasteiger partial charge is 0.241 e. The van der Waals surface area contributed by atoms with Crippen LogP contribution in [0.25, 0.3) is 0 Å². The number of nitrogens with zero attached hydrogens (tertiary/aromatic N) is 1. The molecule has 0 aromatic rings. The lowest BCUT2D eigenvalue weighted by molar-refractivity contribution is -0.133. The fourth-order valence-corrected chi connectivity index (χ4v) is 2.40. The minimum atomic E-state index is -0.760. The van der Waals surface area contributed by atoms with Crippen LogP contribution < -0.4 is 5.73 Å². The highest BCUT2D eigenvalue weighted by Gasteiger charge is 2.24. The van der Waals surface area contributed by atoms with E-state index in [1.165, 1.54) is 7.11 Å². The molecule has 14 heavy (non-hydrogen) atoms. The van der Waals surface area contributed by atoms with Gasteiger partial charge in [-0.25, -0.2) is 0 Å². The first-order valence-electron chi connectivity index (χ1n) is 4.53. The standard InChI is InChI=1S/C8H16N2O3S/c1-13-6-7(9)8(11)10-2-4-14(12)5-3-10/h7H,2-6,9H2,1H3. The molecule has 1 heterocycles. The molecule has 1 fully saturated rings. The number of methoxy groups -OCH3 is 1. The summed E-state index contributed by atoms with van der Waals surface area (Å²) in [7, 11) is 0.752. The maximum absolute atomic E-state index is 11.6. The van der Waals surface area contributed by atoms with Crippen molar-refractivity contribution in [1.29, 1.82) is 0 Å². The lowest BCUT2D eigenvalue weighted by Gasteiger charge is -2.28. The Bertz CT molecular complexity index is 225. The van der Waals surface area contributed by atoms with E-state index in [9.17, 15) is 9.00 Å². The molecule has 1 amide bonds. The lowest BCUT2D eigenvalue weighted by atomic mass is 10.3. The molecule has 1 unspecified atom stereocenters. The molecule has 0 radical (unpaired) electrons. The number of carbonyl (C=O) groups is 1. The van der Waals surface area contributed by atoms with Crippen LogP contribution in [0.1, 0.15) is 0 Å². The number of ether oxygens (including phenoxy) is 1. The van der Waals surface area contributed by atoms with Crippen molar-refractivity contribution < 1.29 is 13.7 Å². The van der Waals surface area contributed by atoms with Gasteiger partial charge in [-0.15, -0.1) is 0 Å². The van der Waals surface area contributed by atoms with Crippen LogP contribution in [0, 0.1) is 0 Å². The number of rotatable bonds is 3. The van der Waals surface area contributed by atoms with Crippen molar-refractivity contribution in [2.45, 2.75) is 6.04 Å². The summed E-state index contributed by atoms with van der Waals surface area (Å²) in [5.74, 6) is 1.01. The second-order valence-electron chi connectivity index (χ2n) is 3.24. The third-order valence-electron chi connectivity index (χ3n) is 2.15. The van der Waals surface area contributed by atoms with Crippen LogP contribution >= 0.6 is 0 Å². The Morgan fingerprint density at radius 3 is 2.64 bits per heavy atom. The Labute approximate surface area is 86.0 Å². The molecule has 0 aliphatic carbocycles. The fourth-order valence-electron chi connectivity index (χ4n) is 1.34. The van der Waals surface area contributed by atoms with E-state index in [0.29, 0.717) is 24.6 Å². The molecule has 1 saturated heterocycles. The Kier molecular flexibility index (Phi) is 4.50. The summed E-state index contributed by atoms with van der Waals surface area (Å²) in [6.45, 7) is 1.32. The molecule has 1 aliphatic rings. The number of amides is 1. The van der Waals surface area contributed by atoms with Gasteiger partial charge in [0.15, 0.2) is 0 Å². The Balaban J connectivity index is 2.41. The highest BCUT2D eigenvalue weighted by molar-refractivity contribution is 7.85. The molecule has 82 valence electrons. The third-order valence-corrected chi connectivity index (χ3v) is 3.43. The van der Waals surface area contributed by atoms with Crippen molar-refractivity contribution in [3.05, 3.63) is 0 Å². The quantitative estimate of drug-likeness (QED) is 0.631. The van der Waals surface area contributed by atoms with Gasteiger partial charge in [-0.05, 0) is 0 Å². The molecule has 1 atom stereocenters. The van der Waals surface area contributed by atoms with Crippen molar-refractivity contribution in [3.8, 4) is 0 Å². The highest BCUT2D eigenvalue weighted by Crippen LogP contribution is 2.02. The molecule has 0 spiro atoms. The van der Waals surface area contributed by atoms with E-state index >= 15 is 0 Å². The second kappa shape index (κ2) is 5.43. The van der Waals surface area contributed by atoms with Gasteiger partial charge < -0.3 is 15.4 Å². The number of hydrogen-bond acceptors (Lipinski definition) is 4. The van der Waals surface area contributed by atoms with Crippen molar-refractivity contribution in [2.75, 3.05) is 38.3 Å².